The molecule has 2 N–H and O–H groups in total. The molecule has 7 heteroatoms. The van der Waals surface area contributed by atoms with Crippen LogP contribution in [0.2, 0.25) is 0 Å². The number of aromatic amines is 1. The number of nitrogens with zero attached hydrogens (tertiary/aromatic N) is 3. The van der Waals surface area contributed by atoms with E-state index in [4.69, 9.17) is 4.74 Å². The van der Waals surface area contributed by atoms with E-state index in [0.29, 0.717) is 19.0 Å². The Balaban J connectivity index is 1.56. The lowest BCUT2D eigenvalue weighted by molar-refractivity contribution is -0.119. The summed E-state index contributed by atoms with van der Waals surface area (Å²) < 4.78 is 8.65. The SMILES string of the molecule is Cc1ncc(-c2cc(O[C@H](C)C3CNC(=O)C3)c3c(c2)ncn3C2CC2)[nH]1. The number of imidazole rings is 2. The number of H-pyrrole nitrogens is 1. The fourth-order valence-corrected chi connectivity index (χ4v) is 3.83. The van der Waals surface area contributed by atoms with Crippen LogP contribution < -0.4 is 10.1 Å². The third kappa shape index (κ3) is 2.97. The molecule has 1 aromatic carbocycles. The van der Waals surface area contributed by atoms with E-state index < -0.39 is 0 Å². The highest BCUT2D eigenvalue weighted by molar-refractivity contribution is 5.87. The number of carbonyl (C=O) groups excluding carboxylic acids is 1. The molecule has 1 aliphatic carbocycles. The average molecular weight is 365 g/mol. The van der Waals surface area contributed by atoms with Crippen molar-refractivity contribution < 1.29 is 9.53 Å². The Morgan fingerprint density at radius 3 is 2.81 bits per heavy atom. The highest BCUT2D eigenvalue weighted by atomic mass is 16.5. The Morgan fingerprint density at radius 2 is 2.15 bits per heavy atom. The molecule has 0 spiro atoms. The number of hydrogen-bond donors (Lipinski definition) is 2. The van der Waals surface area contributed by atoms with Gasteiger partial charge in [0.05, 0.1) is 23.7 Å². The first-order valence-corrected chi connectivity index (χ1v) is 9.54. The summed E-state index contributed by atoms with van der Waals surface area (Å²) in [6, 6.07) is 4.67. The molecule has 2 aromatic heterocycles. The van der Waals surface area contributed by atoms with Crippen molar-refractivity contribution in [3.05, 3.63) is 30.5 Å². The van der Waals surface area contributed by atoms with Gasteiger partial charge in [-0.05, 0) is 38.8 Å². The molecule has 140 valence electrons. The molecule has 3 aromatic rings. The quantitative estimate of drug-likeness (QED) is 0.728. The molecule has 2 aliphatic rings. The van der Waals surface area contributed by atoms with Gasteiger partial charge in [-0.15, -0.1) is 0 Å². The van der Waals surface area contributed by atoms with E-state index in [9.17, 15) is 4.79 Å². The number of benzene rings is 1. The number of aryl methyl sites for hydroxylation is 1. The number of hydrogen-bond acceptors (Lipinski definition) is 4. The molecule has 2 fully saturated rings. The molecule has 0 bridgehead atoms. The Labute approximate surface area is 157 Å². The van der Waals surface area contributed by atoms with Crippen LogP contribution in [0.5, 0.6) is 5.75 Å². The van der Waals surface area contributed by atoms with Crippen molar-refractivity contribution in [2.24, 2.45) is 5.92 Å². The summed E-state index contributed by atoms with van der Waals surface area (Å²) in [6.45, 7) is 4.65. The number of fused-ring (bicyclic) bond motifs is 1. The molecule has 1 amide bonds. The van der Waals surface area contributed by atoms with Crippen LogP contribution in [0, 0.1) is 12.8 Å². The van der Waals surface area contributed by atoms with E-state index in [2.05, 4.69) is 37.0 Å². The highest BCUT2D eigenvalue weighted by Crippen LogP contribution is 2.41. The van der Waals surface area contributed by atoms with Crippen LogP contribution in [0.25, 0.3) is 22.3 Å². The Kier molecular flexibility index (Phi) is 3.70. The molecule has 1 saturated carbocycles. The van der Waals surface area contributed by atoms with E-state index in [0.717, 1.165) is 33.9 Å². The van der Waals surface area contributed by atoms with E-state index in [1.165, 1.54) is 12.8 Å². The van der Waals surface area contributed by atoms with Crippen LogP contribution in [0.4, 0.5) is 0 Å². The predicted molar refractivity (Wildman–Crippen MR) is 102 cm³/mol. The first-order valence-electron chi connectivity index (χ1n) is 9.54. The topological polar surface area (TPSA) is 84.8 Å². The number of aromatic nitrogens is 4. The van der Waals surface area contributed by atoms with Crippen LogP contribution >= 0.6 is 0 Å². The van der Waals surface area contributed by atoms with Gasteiger partial charge in [-0.25, -0.2) is 9.97 Å². The van der Waals surface area contributed by atoms with Crippen molar-refractivity contribution in [1.29, 1.82) is 0 Å². The molecular weight excluding hydrogens is 342 g/mol. The van der Waals surface area contributed by atoms with Gasteiger partial charge in [0, 0.05) is 30.5 Å². The van der Waals surface area contributed by atoms with E-state index in [-0.39, 0.29) is 17.9 Å². The van der Waals surface area contributed by atoms with Gasteiger partial charge >= 0.3 is 0 Å². The fraction of sp³-hybridized carbons (Fsp3) is 0.450. The minimum atomic E-state index is -0.0616. The molecule has 1 unspecified atom stereocenters. The van der Waals surface area contributed by atoms with Crippen molar-refractivity contribution in [2.75, 3.05) is 6.54 Å². The maximum atomic E-state index is 11.6. The van der Waals surface area contributed by atoms with Crippen LogP contribution in [-0.4, -0.2) is 38.1 Å². The molecule has 5 rings (SSSR count). The minimum absolute atomic E-state index is 0.0616. The summed E-state index contributed by atoms with van der Waals surface area (Å²) >= 11 is 0. The van der Waals surface area contributed by atoms with Gasteiger partial charge in [0.15, 0.2) is 0 Å². The number of ether oxygens (including phenoxy) is 1. The number of carbonyl (C=O) groups is 1. The van der Waals surface area contributed by atoms with Crippen molar-refractivity contribution in [1.82, 2.24) is 24.8 Å². The Bertz CT molecular complexity index is 1020. The molecule has 27 heavy (non-hydrogen) atoms. The Morgan fingerprint density at radius 1 is 1.30 bits per heavy atom. The molecule has 1 saturated heterocycles. The second-order valence-electron chi connectivity index (χ2n) is 7.70. The lowest BCUT2D eigenvalue weighted by Gasteiger charge is -2.21. The number of rotatable bonds is 5. The lowest BCUT2D eigenvalue weighted by Crippen LogP contribution is -2.25. The van der Waals surface area contributed by atoms with Gasteiger partial charge in [-0.3, -0.25) is 4.79 Å². The first-order chi connectivity index (χ1) is 13.1. The van der Waals surface area contributed by atoms with Crippen LogP contribution in [0.3, 0.4) is 0 Å². The maximum absolute atomic E-state index is 11.6. The second-order valence-corrected chi connectivity index (χ2v) is 7.70. The fourth-order valence-electron chi connectivity index (χ4n) is 3.83. The lowest BCUT2D eigenvalue weighted by atomic mass is 10.0. The summed E-state index contributed by atoms with van der Waals surface area (Å²) in [5.74, 6) is 1.99. The molecule has 2 atom stereocenters. The van der Waals surface area contributed by atoms with Crippen molar-refractivity contribution in [2.45, 2.75) is 45.3 Å². The van der Waals surface area contributed by atoms with Gasteiger partial charge in [0.25, 0.3) is 0 Å². The summed E-state index contributed by atoms with van der Waals surface area (Å²) in [5.41, 5.74) is 3.92. The van der Waals surface area contributed by atoms with E-state index in [1.54, 1.807) is 0 Å². The normalized spacial score (nSPS) is 20.8. The van der Waals surface area contributed by atoms with Gasteiger partial charge in [0.2, 0.25) is 5.91 Å². The van der Waals surface area contributed by atoms with Gasteiger partial charge in [0.1, 0.15) is 23.2 Å². The predicted octanol–water partition coefficient (Wildman–Crippen LogP) is 2.97. The molecule has 0 radical (unpaired) electrons. The molecule has 3 heterocycles. The zero-order valence-electron chi connectivity index (χ0n) is 15.5. The van der Waals surface area contributed by atoms with Gasteiger partial charge in [-0.1, -0.05) is 0 Å². The van der Waals surface area contributed by atoms with Crippen molar-refractivity contribution in [3.8, 4) is 17.0 Å². The minimum Gasteiger partial charge on any atom is -0.488 e. The summed E-state index contributed by atoms with van der Waals surface area (Å²) in [6.07, 6.45) is 6.58. The van der Waals surface area contributed by atoms with Gasteiger partial charge < -0.3 is 19.6 Å². The van der Waals surface area contributed by atoms with Crippen LogP contribution in [0.1, 0.15) is 38.1 Å². The molecule has 1 aliphatic heterocycles. The van der Waals surface area contributed by atoms with Crippen molar-refractivity contribution in [3.63, 3.8) is 0 Å². The summed E-state index contributed by atoms with van der Waals surface area (Å²) in [4.78, 5) is 23.8. The summed E-state index contributed by atoms with van der Waals surface area (Å²) in [7, 11) is 0. The van der Waals surface area contributed by atoms with E-state index in [1.807, 2.05) is 26.4 Å². The zero-order valence-corrected chi connectivity index (χ0v) is 15.5. The van der Waals surface area contributed by atoms with Crippen molar-refractivity contribution >= 4 is 16.9 Å². The second kappa shape index (κ2) is 6.11. The monoisotopic (exact) mass is 365 g/mol. The third-order valence-electron chi connectivity index (χ3n) is 5.57. The zero-order chi connectivity index (χ0) is 18.5. The number of nitrogens with one attached hydrogen (secondary N) is 2. The Hall–Kier alpha value is -2.83. The standard InChI is InChI=1S/C20H23N5O2/c1-11(14-7-19(26)22-8-14)27-18-6-13(17-9-21-12(2)24-17)5-16-20(18)25(10-23-16)15-3-4-15/h5-6,9-11,14-15H,3-4,7-8H2,1-2H3,(H,21,24)(H,22,26)/t11-,14?/m1/s1. The highest BCUT2D eigenvalue weighted by Gasteiger charge is 2.30. The molecule has 7 nitrogen and oxygen atoms in total. The smallest absolute Gasteiger partial charge is 0.220 e. The number of amides is 1. The third-order valence-corrected chi connectivity index (χ3v) is 5.57. The largest absolute Gasteiger partial charge is 0.488 e. The van der Waals surface area contributed by atoms with E-state index >= 15 is 0 Å². The summed E-state index contributed by atoms with van der Waals surface area (Å²) in [5, 5.41) is 2.90. The van der Waals surface area contributed by atoms with Crippen LogP contribution in [-0.2, 0) is 4.79 Å². The van der Waals surface area contributed by atoms with Crippen LogP contribution in [0.15, 0.2) is 24.7 Å². The van der Waals surface area contributed by atoms with Gasteiger partial charge in [-0.2, -0.15) is 0 Å². The first kappa shape index (κ1) is 16.4. The maximum Gasteiger partial charge on any atom is 0.220 e. The molecular formula is C20H23N5O2. The average Bonchev–Trinajstić information content (AvgIpc) is 3.04.